The molecule has 2 aromatic carbocycles. The summed E-state index contributed by atoms with van der Waals surface area (Å²) < 4.78 is 8.30. The standard InChI is InChI=1S/C20H17BrN6O4/c21-14-2-6-16(7-3-14)26-20-18(12-24-26)19(22-13-23-20)25-15-4-8-17(9-5-15)30-10-1-11-31-27(28)29/h2-9,12-13H,1,10-11H2,(H,22,23,25). The van der Waals surface area contributed by atoms with Crippen molar-refractivity contribution in [3.63, 3.8) is 0 Å². The van der Waals surface area contributed by atoms with Gasteiger partial charge in [0.2, 0.25) is 0 Å². The quantitative estimate of drug-likeness (QED) is 0.212. The number of benzene rings is 2. The highest BCUT2D eigenvalue weighted by Crippen LogP contribution is 2.26. The summed E-state index contributed by atoms with van der Waals surface area (Å²) in [6, 6.07) is 15.1. The smallest absolute Gasteiger partial charge is 0.294 e. The SMILES string of the molecule is O=[N+]([O-])OCCCOc1ccc(Nc2ncnc3c2cnn3-c2ccc(Br)cc2)cc1. The van der Waals surface area contributed by atoms with Gasteiger partial charge in [-0.25, -0.2) is 14.6 Å². The second-order valence-electron chi connectivity index (χ2n) is 6.40. The number of nitrogens with one attached hydrogen (secondary N) is 1. The van der Waals surface area contributed by atoms with Gasteiger partial charge in [0.1, 0.15) is 17.9 Å². The molecular formula is C20H17BrN6O4. The predicted octanol–water partition coefficient (Wildman–Crippen LogP) is 4.30. The Bertz CT molecular complexity index is 1180. The van der Waals surface area contributed by atoms with Crippen LogP contribution in [0.1, 0.15) is 6.42 Å². The largest absolute Gasteiger partial charge is 0.494 e. The van der Waals surface area contributed by atoms with Crippen LogP contribution in [0.15, 0.2) is 65.5 Å². The Hall–Kier alpha value is -3.73. The van der Waals surface area contributed by atoms with Gasteiger partial charge in [0, 0.05) is 16.6 Å². The third-order valence-corrected chi connectivity index (χ3v) is 4.84. The second-order valence-corrected chi connectivity index (χ2v) is 7.32. The minimum atomic E-state index is -0.812. The van der Waals surface area contributed by atoms with Gasteiger partial charge in [-0.05, 0) is 48.5 Å². The first-order valence-electron chi connectivity index (χ1n) is 9.32. The Morgan fingerprint density at radius 1 is 1.06 bits per heavy atom. The van der Waals surface area contributed by atoms with E-state index in [0.717, 1.165) is 21.2 Å². The first kappa shape index (κ1) is 20.5. The molecule has 0 saturated carbocycles. The van der Waals surface area contributed by atoms with E-state index < -0.39 is 5.09 Å². The van der Waals surface area contributed by atoms with Crippen LogP contribution in [0.2, 0.25) is 0 Å². The Labute approximate surface area is 185 Å². The van der Waals surface area contributed by atoms with E-state index >= 15 is 0 Å². The molecule has 0 aliphatic carbocycles. The number of halogens is 1. The molecule has 0 spiro atoms. The molecule has 0 amide bonds. The van der Waals surface area contributed by atoms with E-state index in [1.54, 1.807) is 23.0 Å². The van der Waals surface area contributed by atoms with Gasteiger partial charge in [-0.15, -0.1) is 10.1 Å². The first-order chi connectivity index (χ1) is 15.1. The molecule has 10 nitrogen and oxygen atoms in total. The van der Waals surface area contributed by atoms with Crippen LogP contribution >= 0.6 is 15.9 Å². The molecule has 0 saturated heterocycles. The van der Waals surface area contributed by atoms with Crippen LogP contribution in [-0.2, 0) is 4.84 Å². The van der Waals surface area contributed by atoms with Crippen LogP contribution in [0.3, 0.4) is 0 Å². The lowest BCUT2D eigenvalue weighted by molar-refractivity contribution is -0.757. The molecule has 2 aromatic heterocycles. The third-order valence-electron chi connectivity index (χ3n) is 4.31. The molecule has 4 rings (SSSR count). The van der Waals surface area contributed by atoms with Gasteiger partial charge in [-0.2, -0.15) is 5.10 Å². The molecule has 0 atom stereocenters. The number of hydrogen-bond donors (Lipinski definition) is 1. The van der Waals surface area contributed by atoms with Crippen molar-refractivity contribution in [1.29, 1.82) is 0 Å². The van der Waals surface area contributed by atoms with E-state index in [1.807, 2.05) is 36.4 Å². The summed E-state index contributed by atoms with van der Waals surface area (Å²) in [5.74, 6) is 1.29. The summed E-state index contributed by atoms with van der Waals surface area (Å²) in [6.45, 7) is 0.326. The summed E-state index contributed by atoms with van der Waals surface area (Å²) in [4.78, 5) is 23.1. The fourth-order valence-corrected chi connectivity index (χ4v) is 3.14. The molecular weight excluding hydrogens is 468 g/mol. The molecule has 4 aromatic rings. The van der Waals surface area contributed by atoms with Crippen LogP contribution in [0.5, 0.6) is 5.75 Å². The van der Waals surface area contributed by atoms with E-state index in [2.05, 4.69) is 41.2 Å². The topological polar surface area (TPSA) is 117 Å². The Morgan fingerprint density at radius 3 is 2.58 bits per heavy atom. The lowest BCUT2D eigenvalue weighted by Gasteiger charge is -2.09. The fraction of sp³-hybridized carbons (Fsp3) is 0.150. The molecule has 2 heterocycles. The minimum absolute atomic E-state index is 0.00425. The van der Waals surface area contributed by atoms with E-state index in [-0.39, 0.29) is 6.61 Å². The summed E-state index contributed by atoms with van der Waals surface area (Å²) in [6.07, 6.45) is 3.64. The molecule has 1 N–H and O–H groups in total. The van der Waals surface area contributed by atoms with Gasteiger partial charge < -0.3 is 14.9 Å². The van der Waals surface area contributed by atoms with Crippen molar-refractivity contribution in [2.75, 3.05) is 18.5 Å². The molecule has 158 valence electrons. The third kappa shape index (κ3) is 5.07. The zero-order chi connectivity index (χ0) is 21.6. The molecule has 0 unspecified atom stereocenters. The molecule has 11 heteroatoms. The van der Waals surface area contributed by atoms with E-state index in [0.29, 0.717) is 30.2 Å². The van der Waals surface area contributed by atoms with E-state index in [4.69, 9.17) is 4.74 Å². The van der Waals surface area contributed by atoms with Crippen molar-refractivity contribution >= 4 is 38.5 Å². The maximum atomic E-state index is 10.1. The van der Waals surface area contributed by atoms with Crippen molar-refractivity contribution in [2.24, 2.45) is 0 Å². The number of ether oxygens (including phenoxy) is 1. The summed E-state index contributed by atoms with van der Waals surface area (Å²) in [5, 5.41) is 17.8. The molecule has 31 heavy (non-hydrogen) atoms. The molecule has 0 radical (unpaired) electrons. The van der Waals surface area contributed by atoms with Crippen molar-refractivity contribution in [1.82, 2.24) is 19.7 Å². The van der Waals surface area contributed by atoms with Gasteiger partial charge in [-0.3, -0.25) is 0 Å². The summed E-state index contributed by atoms with van der Waals surface area (Å²) >= 11 is 3.43. The number of fused-ring (bicyclic) bond motifs is 1. The van der Waals surface area contributed by atoms with Gasteiger partial charge in [-0.1, -0.05) is 15.9 Å². The van der Waals surface area contributed by atoms with E-state index in [1.165, 1.54) is 6.33 Å². The average Bonchev–Trinajstić information content (AvgIpc) is 3.20. The van der Waals surface area contributed by atoms with Gasteiger partial charge in [0.05, 0.1) is 30.5 Å². The highest BCUT2D eigenvalue weighted by Gasteiger charge is 2.11. The molecule has 0 fully saturated rings. The van der Waals surface area contributed by atoms with Crippen LogP contribution in [0.4, 0.5) is 11.5 Å². The lowest BCUT2D eigenvalue weighted by Crippen LogP contribution is -2.06. The van der Waals surface area contributed by atoms with Crippen molar-refractivity contribution in [3.8, 4) is 11.4 Å². The van der Waals surface area contributed by atoms with Crippen LogP contribution in [0, 0.1) is 10.1 Å². The van der Waals surface area contributed by atoms with Crippen molar-refractivity contribution in [3.05, 3.63) is 75.6 Å². The Kier molecular flexibility index (Phi) is 6.22. The highest BCUT2D eigenvalue weighted by molar-refractivity contribution is 9.10. The van der Waals surface area contributed by atoms with Crippen molar-refractivity contribution < 1.29 is 14.7 Å². The number of anilines is 2. The predicted molar refractivity (Wildman–Crippen MR) is 117 cm³/mol. The van der Waals surface area contributed by atoms with Gasteiger partial charge in [0.25, 0.3) is 5.09 Å². The van der Waals surface area contributed by atoms with Crippen LogP contribution < -0.4 is 10.1 Å². The first-order valence-corrected chi connectivity index (χ1v) is 10.1. The fourth-order valence-electron chi connectivity index (χ4n) is 2.87. The number of aromatic nitrogens is 4. The Balaban J connectivity index is 1.44. The average molecular weight is 485 g/mol. The molecule has 0 aliphatic heterocycles. The number of hydrogen-bond acceptors (Lipinski definition) is 8. The highest BCUT2D eigenvalue weighted by atomic mass is 79.9. The number of rotatable bonds is 9. The minimum Gasteiger partial charge on any atom is -0.494 e. The zero-order valence-electron chi connectivity index (χ0n) is 16.1. The van der Waals surface area contributed by atoms with Crippen LogP contribution in [0.25, 0.3) is 16.7 Å². The summed E-state index contributed by atoms with van der Waals surface area (Å²) in [5.41, 5.74) is 2.41. The summed E-state index contributed by atoms with van der Waals surface area (Å²) in [7, 11) is 0. The monoisotopic (exact) mass is 484 g/mol. The van der Waals surface area contributed by atoms with Gasteiger partial charge >= 0.3 is 0 Å². The van der Waals surface area contributed by atoms with Gasteiger partial charge in [0.15, 0.2) is 5.65 Å². The van der Waals surface area contributed by atoms with Crippen molar-refractivity contribution in [2.45, 2.75) is 6.42 Å². The number of nitrogens with zero attached hydrogens (tertiary/aromatic N) is 5. The van der Waals surface area contributed by atoms with E-state index in [9.17, 15) is 10.1 Å². The zero-order valence-corrected chi connectivity index (χ0v) is 17.7. The Morgan fingerprint density at radius 2 is 1.84 bits per heavy atom. The van der Waals surface area contributed by atoms with Crippen LogP contribution in [-0.4, -0.2) is 38.0 Å². The molecule has 0 bridgehead atoms. The second kappa shape index (κ2) is 9.39. The maximum Gasteiger partial charge on any atom is 0.294 e. The normalized spacial score (nSPS) is 10.7. The lowest BCUT2D eigenvalue weighted by atomic mass is 10.3. The maximum absolute atomic E-state index is 10.1. The molecule has 0 aliphatic rings.